The Morgan fingerprint density at radius 3 is 2.32 bits per heavy atom. The molecule has 5 nitrogen and oxygen atoms in total. The van der Waals surface area contributed by atoms with Crippen molar-refractivity contribution in [3.8, 4) is 0 Å². The summed E-state index contributed by atoms with van der Waals surface area (Å²) in [6, 6.07) is 16.1. The molecule has 2 rings (SSSR count). The van der Waals surface area contributed by atoms with Gasteiger partial charge in [-0.1, -0.05) is 48.5 Å². The minimum atomic E-state index is -3.68. The van der Waals surface area contributed by atoms with Crippen LogP contribution in [-0.2, 0) is 21.4 Å². The highest BCUT2D eigenvalue weighted by Gasteiger charge is 2.17. The first kappa shape index (κ1) is 16.2. The SMILES string of the molecule is Cc1ccccc1S(=O)(=O)NCC(=O)NCc1ccccc1. The zero-order chi connectivity index (χ0) is 16.0. The molecule has 1 amide bonds. The van der Waals surface area contributed by atoms with Crippen molar-refractivity contribution in [2.45, 2.75) is 18.4 Å². The molecule has 0 aliphatic heterocycles. The molecule has 0 fully saturated rings. The maximum absolute atomic E-state index is 12.1. The highest BCUT2D eigenvalue weighted by Crippen LogP contribution is 2.13. The molecule has 0 aliphatic carbocycles. The number of amides is 1. The van der Waals surface area contributed by atoms with E-state index in [1.165, 1.54) is 6.07 Å². The van der Waals surface area contributed by atoms with Gasteiger partial charge in [-0.3, -0.25) is 4.79 Å². The Morgan fingerprint density at radius 1 is 1.00 bits per heavy atom. The van der Waals surface area contributed by atoms with Crippen LogP contribution in [0.25, 0.3) is 0 Å². The van der Waals surface area contributed by atoms with Crippen LogP contribution in [0.3, 0.4) is 0 Å². The number of benzene rings is 2. The van der Waals surface area contributed by atoms with Gasteiger partial charge in [0.2, 0.25) is 15.9 Å². The predicted octanol–water partition coefficient (Wildman–Crippen LogP) is 1.59. The van der Waals surface area contributed by atoms with E-state index in [1.54, 1.807) is 25.1 Å². The van der Waals surface area contributed by atoms with E-state index >= 15 is 0 Å². The van der Waals surface area contributed by atoms with Crippen molar-refractivity contribution >= 4 is 15.9 Å². The van der Waals surface area contributed by atoms with Crippen molar-refractivity contribution in [2.24, 2.45) is 0 Å². The zero-order valence-electron chi connectivity index (χ0n) is 12.2. The maximum atomic E-state index is 12.1. The lowest BCUT2D eigenvalue weighted by molar-refractivity contribution is -0.120. The Labute approximate surface area is 130 Å². The molecule has 0 saturated carbocycles. The first-order chi connectivity index (χ1) is 10.5. The van der Waals surface area contributed by atoms with Crippen LogP contribution in [0.15, 0.2) is 59.5 Å². The van der Waals surface area contributed by atoms with Gasteiger partial charge in [0.05, 0.1) is 11.4 Å². The fourth-order valence-corrected chi connectivity index (χ4v) is 3.18. The molecule has 0 aromatic heterocycles. The van der Waals surface area contributed by atoms with Gasteiger partial charge in [-0.25, -0.2) is 13.1 Å². The summed E-state index contributed by atoms with van der Waals surface area (Å²) >= 11 is 0. The lowest BCUT2D eigenvalue weighted by Crippen LogP contribution is -2.36. The van der Waals surface area contributed by atoms with E-state index in [1.807, 2.05) is 30.3 Å². The third kappa shape index (κ3) is 4.41. The number of hydrogen-bond donors (Lipinski definition) is 2. The Kier molecular flexibility index (Phi) is 5.30. The van der Waals surface area contributed by atoms with Gasteiger partial charge in [-0.15, -0.1) is 0 Å². The number of hydrogen-bond acceptors (Lipinski definition) is 3. The molecular weight excluding hydrogens is 300 g/mol. The number of nitrogens with one attached hydrogen (secondary N) is 2. The number of rotatable bonds is 6. The molecule has 0 aliphatic rings. The van der Waals surface area contributed by atoms with Crippen LogP contribution in [0.2, 0.25) is 0 Å². The van der Waals surface area contributed by atoms with Crippen molar-refractivity contribution in [2.75, 3.05) is 6.54 Å². The Bertz CT molecular complexity index is 743. The number of sulfonamides is 1. The summed E-state index contributed by atoms with van der Waals surface area (Å²) in [5, 5.41) is 2.67. The molecule has 6 heteroatoms. The van der Waals surface area contributed by atoms with Gasteiger partial charge in [-0.2, -0.15) is 0 Å². The molecule has 0 spiro atoms. The number of carbonyl (C=O) groups is 1. The van der Waals surface area contributed by atoms with Crippen molar-refractivity contribution in [3.63, 3.8) is 0 Å². The Hall–Kier alpha value is -2.18. The van der Waals surface area contributed by atoms with Gasteiger partial charge < -0.3 is 5.32 Å². The van der Waals surface area contributed by atoms with Gasteiger partial charge in [0.1, 0.15) is 0 Å². The normalized spacial score (nSPS) is 11.1. The third-order valence-electron chi connectivity index (χ3n) is 3.14. The third-order valence-corrected chi connectivity index (χ3v) is 4.70. The fourth-order valence-electron chi connectivity index (χ4n) is 1.96. The second-order valence-electron chi connectivity index (χ2n) is 4.85. The fraction of sp³-hybridized carbons (Fsp3) is 0.188. The van der Waals surface area contributed by atoms with Crippen LogP contribution in [0.5, 0.6) is 0 Å². The standard InChI is InChI=1S/C16H18N2O3S/c1-13-7-5-6-10-15(13)22(20,21)18-12-16(19)17-11-14-8-3-2-4-9-14/h2-10,18H,11-12H2,1H3,(H,17,19). The van der Waals surface area contributed by atoms with Crippen molar-refractivity contribution in [3.05, 3.63) is 65.7 Å². The average molecular weight is 318 g/mol. The van der Waals surface area contributed by atoms with E-state index in [9.17, 15) is 13.2 Å². The molecule has 2 aromatic rings. The second-order valence-corrected chi connectivity index (χ2v) is 6.59. The van der Waals surface area contributed by atoms with Gasteiger partial charge in [0.25, 0.3) is 0 Å². The summed E-state index contributed by atoms with van der Waals surface area (Å²) < 4.78 is 26.6. The molecule has 0 radical (unpaired) electrons. The van der Waals surface area contributed by atoms with Crippen molar-refractivity contribution in [1.29, 1.82) is 0 Å². The summed E-state index contributed by atoms with van der Waals surface area (Å²) in [7, 11) is -3.68. The van der Waals surface area contributed by atoms with E-state index in [4.69, 9.17) is 0 Å². The topological polar surface area (TPSA) is 75.3 Å². The van der Waals surface area contributed by atoms with Crippen molar-refractivity contribution in [1.82, 2.24) is 10.0 Å². The summed E-state index contributed by atoms with van der Waals surface area (Å²) in [5.74, 6) is -0.374. The molecule has 0 atom stereocenters. The Morgan fingerprint density at radius 2 is 1.64 bits per heavy atom. The predicted molar refractivity (Wildman–Crippen MR) is 84.7 cm³/mol. The van der Waals surface area contributed by atoms with E-state index in [-0.39, 0.29) is 17.3 Å². The zero-order valence-corrected chi connectivity index (χ0v) is 13.1. The lowest BCUT2D eigenvalue weighted by Gasteiger charge is -2.09. The van der Waals surface area contributed by atoms with Gasteiger partial charge in [0, 0.05) is 6.54 Å². The van der Waals surface area contributed by atoms with E-state index < -0.39 is 10.0 Å². The van der Waals surface area contributed by atoms with E-state index in [0.717, 1.165) is 5.56 Å². The van der Waals surface area contributed by atoms with Crippen LogP contribution in [0.1, 0.15) is 11.1 Å². The average Bonchev–Trinajstić information content (AvgIpc) is 2.52. The van der Waals surface area contributed by atoms with Gasteiger partial charge in [0.15, 0.2) is 0 Å². The van der Waals surface area contributed by atoms with E-state index in [0.29, 0.717) is 12.1 Å². The molecule has 2 N–H and O–H groups in total. The molecule has 22 heavy (non-hydrogen) atoms. The highest BCUT2D eigenvalue weighted by atomic mass is 32.2. The molecule has 0 heterocycles. The quantitative estimate of drug-likeness (QED) is 0.849. The Balaban J connectivity index is 1.89. The lowest BCUT2D eigenvalue weighted by atomic mass is 10.2. The first-order valence-corrected chi connectivity index (χ1v) is 8.33. The van der Waals surface area contributed by atoms with Crippen LogP contribution >= 0.6 is 0 Å². The summed E-state index contributed by atoms with van der Waals surface area (Å²) in [6.45, 7) is 1.79. The summed E-state index contributed by atoms with van der Waals surface area (Å²) in [5.41, 5.74) is 1.59. The minimum Gasteiger partial charge on any atom is -0.351 e. The van der Waals surface area contributed by atoms with Gasteiger partial charge >= 0.3 is 0 Å². The van der Waals surface area contributed by atoms with Crippen molar-refractivity contribution < 1.29 is 13.2 Å². The van der Waals surface area contributed by atoms with Crippen LogP contribution < -0.4 is 10.0 Å². The molecule has 0 saturated heterocycles. The molecule has 116 valence electrons. The monoisotopic (exact) mass is 318 g/mol. The molecule has 0 unspecified atom stereocenters. The minimum absolute atomic E-state index is 0.186. The molecule has 0 bridgehead atoms. The van der Waals surface area contributed by atoms with Crippen LogP contribution in [-0.4, -0.2) is 20.9 Å². The van der Waals surface area contributed by atoms with Gasteiger partial charge in [-0.05, 0) is 24.1 Å². The largest absolute Gasteiger partial charge is 0.351 e. The summed E-state index contributed by atoms with van der Waals surface area (Å²) in [4.78, 5) is 11.9. The smallest absolute Gasteiger partial charge is 0.241 e. The maximum Gasteiger partial charge on any atom is 0.241 e. The first-order valence-electron chi connectivity index (χ1n) is 6.85. The number of carbonyl (C=O) groups excluding carboxylic acids is 1. The van der Waals surface area contributed by atoms with E-state index in [2.05, 4.69) is 10.0 Å². The second kappa shape index (κ2) is 7.20. The van der Waals surface area contributed by atoms with Crippen LogP contribution in [0.4, 0.5) is 0 Å². The molecule has 2 aromatic carbocycles. The van der Waals surface area contributed by atoms with Crippen LogP contribution in [0, 0.1) is 6.92 Å². The summed E-state index contributed by atoms with van der Waals surface area (Å²) in [6.07, 6.45) is 0. The number of aryl methyl sites for hydroxylation is 1. The molecular formula is C16H18N2O3S. The highest BCUT2D eigenvalue weighted by molar-refractivity contribution is 7.89.